The molecule has 0 bridgehead atoms. The smallest absolute Gasteiger partial charge is 0.225 e. The van der Waals surface area contributed by atoms with Gasteiger partial charge in [0.25, 0.3) is 0 Å². The van der Waals surface area contributed by atoms with E-state index in [4.69, 9.17) is 4.42 Å². The van der Waals surface area contributed by atoms with Crippen molar-refractivity contribution < 1.29 is 9.21 Å². The monoisotopic (exact) mass is 342 g/mol. The first-order chi connectivity index (χ1) is 12.1. The molecule has 2 aliphatic rings. The van der Waals surface area contributed by atoms with E-state index in [2.05, 4.69) is 22.2 Å². The molecule has 1 aliphatic carbocycles. The molecule has 25 heavy (non-hydrogen) atoms. The minimum Gasteiger partial charge on any atom is -0.469 e. The minimum absolute atomic E-state index is 0.0820. The van der Waals surface area contributed by atoms with Crippen molar-refractivity contribution in [2.75, 3.05) is 0 Å². The molecule has 3 atom stereocenters. The number of rotatable bonds is 7. The fourth-order valence-electron chi connectivity index (χ4n) is 3.97. The van der Waals surface area contributed by atoms with Crippen LogP contribution in [-0.4, -0.2) is 38.7 Å². The molecule has 0 spiro atoms. The predicted octanol–water partition coefficient (Wildman–Crippen LogP) is 2.43. The Balaban J connectivity index is 1.47. The Labute approximate surface area is 148 Å². The normalized spacial score (nSPS) is 24.9. The lowest BCUT2D eigenvalue weighted by Gasteiger charge is -2.30. The second kappa shape index (κ2) is 6.67. The molecule has 0 aromatic carbocycles. The summed E-state index contributed by atoms with van der Waals surface area (Å²) in [5.41, 5.74) is 1.12. The third-order valence-corrected chi connectivity index (χ3v) is 5.37. The van der Waals surface area contributed by atoms with Crippen molar-refractivity contribution in [2.24, 2.45) is 7.05 Å². The van der Waals surface area contributed by atoms with Crippen LogP contribution in [0.2, 0.25) is 0 Å². The molecule has 3 heterocycles. The molecule has 1 saturated carbocycles. The van der Waals surface area contributed by atoms with Crippen molar-refractivity contribution in [3.63, 3.8) is 0 Å². The van der Waals surface area contributed by atoms with Crippen LogP contribution < -0.4 is 5.32 Å². The van der Waals surface area contributed by atoms with Crippen LogP contribution in [0.15, 0.2) is 35.1 Å². The van der Waals surface area contributed by atoms with Crippen LogP contribution in [0.25, 0.3) is 0 Å². The molecule has 2 aromatic rings. The van der Waals surface area contributed by atoms with Gasteiger partial charge in [-0.3, -0.25) is 9.48 Å². The zero-order valence-electron chi connectivity index (χ0n) is 14.9. The van der Waals surface area contributed by atoms with Crippen molar-refractivity contribution in [3.8, 4) is 0 Å². The number of likely N-dealkylation sites (tertiary alicyclic amines) is 1. The second-order valence-corrected chi connectivity index (χ2v) is 7.35. The Morgan fingerprint density at radius 2 is 2.24 bits per heavy atom. The summed E-state index contributed by atoms with van der Waals surface area (Å²) in [6.45, 7) is 2.19. The summed E-state index contributed by atoms with van der Waals surface area (Å²) >= 11 is 0. The number of nitrogens with one attached hydrogen (secondary N) is 1. The number of hydrogen-bond donors (Lipinski definition) is 1. The molecule has 1 amide bonds. The van der Waals surface area contributed by atoms with E-state index in [0.29, 0.717) is 18.5 Å². The number of carbonyl (C=O) groups excluding carboxylic acids is 1. The average molecular weight is 342 g/mol. The molecule has 1 unspecified atom stereocenters. The maximum absolute atomic E-state index is 12.7. The van der Waals surface area contributed by atoms with E-state index in [1.165, 1.54) is 0 Å². The van der Waals surface area contributed by atoms with Gasteiger partial charge in [-0.1, -0.05) is 0 Å². The first kappa shape index (κ1) is 16.4. The van der Waals surface area contributed by atoms with Crippen LogP contribution >= 0.6 is 0 Å². The summed E-state index contributed by atoms with van der Waals surface area (Å²) in [5.74, 6) is 1.28. The molecule has 4 rings (SSSR count). The van der Waals surface area contributed by atoms with E-state index in [1.807, 2.05) is 36.1 Å². The van der Waals surface area contributed by atoms with Gasteiger partial charge < -0.3 is 14.6 Å². The topological polar surface area (TPSA) is 63.3 Å². The highest BCUT2D eigenvalue weighted by molar-refractivity contribution is 5.81. The van der Waals surface area contributed by atoms with Gasteiger partial charge in [-0.15, -0.1) is 0 Å². The fourth-order valence-corrected chi connectivity index (χ4v) is 3.97. The summed E-state index contributed by atoms with van der Waals surface area (Å²) < 4.78 is 7.33. The Bertz CT molecular complexity index is 720. The first-order valence-electron chi connectivity index (χ1n) is 9.21. The Hall–Kier alpha value is -2.08. The van der Waals surface area contributed by atoms with E-state index in [0.717, 1.165) is 37.1 Å². The van der Waals surface area contributed by atoms with Crippen molar-refractivity contribution in [3.05, 3.63) is 42.1 Å². The van der Waals surface area contributed by atoms with Crippen molar-refractivity contribution in [2.45, 2.75) is 63.2 Å². The van der Waals surface area contributed by atoms with Crippen LogP contribution in [0.1, 0.15) is 50.1 Å². The van der Waals surface area contributed by atoms with Crippen LogP contribution in [0, 0.1) is 0 Å². The van der Waals surface area contributed by atoms with Gasteiger partial charge in [-0.2, -0.15) is 5.10 Å². The average Bonchev–Trinajstić information content (AvgIpc) is 2.98. The SMILES string of the molecule is CC(CCc1ccco1)N[C@@H]1CC(=O)N(C2CC2)[C@H]1c1ccnn1C. The lowest BCUT2D eigenvalue weighted by atomic mass is 10.0. The summed E-state index contributed by atoms with van der Waals surface area (Å²) in [7, 11) is 1.96. The maximum Gasteiger partial charge on any atom is 0.225 e. The van der Waals surface area contributed by atoms with Gasteiger partial charge in [0.1, 0.15) is 5.76 Å². The highest BCUT2D eigenvalue weighted by Crippen LogP contribution is 2.41. The Morgan fingerprint density at radius 1 is 1.40 bits per heavy atom. The van der Waals surface area contributed by atoms with Crippen LogP contribution in [0.4, 0.5) is 0 Å². The molecule has 2 aromatic heterocycles. The lowest BCUT2D eigenvalue weighted by Crippen LogP contribution is -2.42. The molecule has 1 saturated heterocycles. The van der Waals surface area contributed by atoms with E-state index in [1.54, 1.807) is 6.26 Å². The molecular weight excluding hydrogens is 316 g/mol. The standard InChI is InChI=1S/C19H26N4O2/c1-13(5-8-15-4-3-11-25-15)21-16-12-18(24)23(14-6-7-14)19(16)17-9-10-20-22(17)2/h3-4,9-11,13-14,16,19,21H,5-8,12H2,1-2H3/t13?,16-,19-/m1/s1. The third kappa shape index (κ3) is 3.35. The quantitative estimate of drug-likeness (QED) is 0.839. The molecule has 6 heteroatoms. The number of aryl methyl sites for hydroxylation is 2. The van der Waals surface area contributed by atoms with Crippen LogP contribution in [-0.2, 0) is 18.3 Å². The van der Waals surface area contributed by atoms with Crippen molar-refractivity contribution in [1.82, 2.24) is 20.0 Å². The first-order valence-corrected chi connectivity index (χ1v) is 9.21. The molecule has 0 radical (unpaired) electrons. The Kier molecular flexibility index (Phi) is 4.37. The van der Waals surface area contributed by atoms with Gasteiger partial charge in [0.05, 0.1) is 18.0 Å². The third-order valence-electron chi connectivity index (χ3n) is 5.37. The van der Waals surface area contributed by atoms with Crippen LogP contribution in [0.3, 0.4) is 0 Å². The Morgan fingerprint density at radius 3 is 2.88 bits per heavy atom. The predicted molar refractivity (Wildman–Crippen MR) is 93.8 cm³/mol. The number of nitrogens with zero attached hydrogens (tertiary/aromatic N) is 3. The number of hydrogen-bond acceptors (Lipinski definition) is 4. The molecule has 1 aliphatic heterocycles. The van der Waals surface area contributed by atoms with Gasteiger partial charge in [-0.25, -0.2) is 0 Å². The van der Waals surface area contributed by atoms with Gasteiger partial charge in [0.2, 0.25) is 5.91 Å². The summed E-state index contributed by atoms with van der Waals surface area (Å²) in [6.07, 6.45) is 8.25. The zero-order chi connectivity index (χ0) is 17.4. The number of carbonyl (C=O) groups is 1. The lowest BCUT2D eigenvalue weighted by molar-refractivity contribution is -0.129. The van der Waals surface area contributed by atoms with E-state index >= 15 is 0 Å². The zero-order valence-corrected chi connectivity index (χ0v) is 14.9. The summed E-state index contributed by atoms with van der Waals surface area (Å²) in [4.78, 5) is 14.8. The molecule has 6 nitrogen and oxygen atoms in total. The van der Waals surface area contributed by atoms with Gasteiger partial charge in [0.15, 0.2) is 0 Å². The van der Waals surface area contributed by atoms with Gasteiger partial charge in [0, 0.05) is 44.2 Å². The molecule has 2 fully saturated rings. The van der Waals surface area contributed by atoms with Crippen molar-refractivity contribution >= 4 is 5.91 Å². The number of aromatic nitrogens is 2. The number of amides is 1. The fraction of sp³-hybridized carbons (Fsp3) is 0.579. The van der Waals surface area contributed by atoms with Crippen molar-refractivity contribution in [1.29, 1.82) is 0 Å². The minimum atomic E-state index is 0.0820. The maximum atomic E-state index is 12.7. The van der Waals surface area contributed by atoms with Gasteiger partial charge in [-0.05, 0) is 44.4 Å². The summed E-state index contributed by atoms with van der Waals surface area (Å²) in [5, 5.41) is 8.03. The summed E-state index contributed by atoms with van der Waals surface area (Å²) in [6, 6.07) is 6.93. The highest BCUT2D eigenvalue weighted by atomic mass is 16.3. The molecule has 134 valence electrons. The highest BCUT2D eigenvalue weighted by Gasteiger charge is 2.48. The van der Waals surface area contributed by atoms with E-state index in [-0.39, 0.29) is 18.0 Å². The van der Waals surface area contributed by atoms with Gasteiger partial charge >= 0.3 is 0 Å². The number of furan rings is 1. The second-order valence-electron chi connectivity index (χ2n) is 7.35. The molecule has 1 N–H and O–H groups in total. The van der Waals surface area contributed by atoms with Crippen LogP contribution in [0.5, 0.6) is 0 Å². The molecular formula is C19H26N4O2. The van der Waals surface area contributed by atoms with E-state index in [9.17, 15) is 4.79 Å². The van der Waals surface area contributed by atoms with E-state index < -0.39 is 0 Å². The largest absolute Gasteiger partial charge is 0.469 e.